The second kappa shape index (κ2) is 5.39. The molecule has 2 aliphatic rings. The Morgan fingerprint density at radius 1 is 1.14 bits per heavy atom. The number of carbonyl (C=O) groups is 2. The molecule has 1 saturated carbocycles. The molecule has 1 amide bonds. The largest absolute Gasteiger partial charge is 0.507 e. The zero-order chi connectivity index (χ0) is 15.0. The van der Waals surface area contributed by atoms with Crippen LogP contribution in [0.15, 0.2) is 18.2 Å². The van der Waals surface area contributed by atoms with Gasteiger partial charge < -0.3 is 15.1 Å². The van der Waals surface area contributed by atoms with Gasteiger partial charge in [0, 0.05) is 24.9 Å². The number of phenols is 2. The number of hydrogen-bond donors (Lipinski definition) is 2. The maximum absolute atomic E-state index is 12.7. The number of nitrogens with zero attached hydrogens (tertiary/aromatic N) is 1. The standard InChI is InChI=1S/C16H19NO4/c18-12-6-1-4-10(12)11-5-3-9-17(11)16(21)15-13(19)7-2-8-14(15)20/h2,7-8,10-11,19-20H,1,3-6,9H2. The molecule has 2 unspecified atom stereocenters. The highest BCUT2D eigenvalue weighted by atomic mass is 16.3. The molecular weight excluding hydrogens is 270 g/mol. The van der Waals surface area contributed by atoms with Crippen molar-refractivity contribution in [3.05, 3.63) is 23.8 Å². The van der Waals surface area contributed by atoms with Gasteiger partial charge in [-0.2, -0.15) is 0 Å². The molecule has 2 fully saturated rings. The molecule has 0 radical (unpaired) electrons. The fourth-order valence-corrected chi connectivity index (χ4v) is 3.60. The van der Waals surface area contributed by atoms with Crippen LogP contribution in [0.5, 0.6) is 11.5 Å². The third-order valence-corrected chi connectivity index (χ3v) is 4.61. The zero-order valence-electron chi connectivity index (χ0n) is 11.8. The van der Waals surface area contributed by atoms with E-state index in [1.165, 1.54) is 18.2 Å². The first kappa shape index (κ1) is 13.9. The van der Waals surface area contributed by atoms with Gasteiger partial charge in [0.15, 0.2) is 0 Å². The first-order chi connectivity index (χ1) is 10.1. The number of phenolic OH excluding ortho intramolecular Hbond substituents is 2. The van der Waals surface area contributed by atoms with Crippen molar-refractivity contribution in [1.82, 2.24) is 4.90 Å². The Balaban J connectivity index is 1.88. The van der Waals surface area contributed by atoms with E-state index in [1.807, 2.05) is 0 Å². The summed E-state index contributed by atoms with van der Waals surface area (Å²) in [5, 5.41) is 19.7. The van der Waals surface area contributed by atoms with Crippen molar-refractivity contribution in [2.45, 2.75) is 38.1 Å². The van der Waals surface area contributed by atoms with Gasteiger partial charge in [0.25, 0.3) is 5.91 Å². The SMILES string of the molecule is O=C1CCCC1C1CCCN1C(=O)c1c(O)cccc1O. The Morgan fingerprint density at radius 3 is 2.48 bits per heavy atom. The molecule has 2 N–H and O–H groups in total. The lowest BCUT2D eigenvalue weighted by Gasteiger charge is -2.29. The summed E-state index contributed by atoms with van der Waals surface area (Å²) in [7, 11) is 0. The molecule has 0 bridgehead atoms. The summed E-state index contributed by atoms with van der Waals surface area (Å²) >= 11 is 0. The van der Waals surface area contributed by atoms with Gasteiger partial charge in [-0.25, -0.2) is 0 Å². The number of carbonyl (C=O) groups excluding carboxylic acids is 2. The van der Waals surface area contributed by atoms with Crippen LogP contribution in [0.2, 0.25) is 0 Å². The minimum Gasteiger partial charge on any atom is -0.507 e. The number of ketones is 1. The second-order valence-corrected chi connectivity index (χ2v) is 5.84. The van der Waals surface area contributed by atoms with Crippen molar-refractivity contribution < 1.29 is 19.8 Å². The minimum absolute atomic E-state index is 0.0603. The molecular formula is C16H19NO4. The van der Waals surface area contributed by atoms with Gasteiger partial charge in [-0.1, -0.05) is 6.07 Å². The third-order valence-electron chi connectivity index (χ3n) is 4.61. The van der Waals surface area contributed by atoms with Gasteiger partial charge in [-0.15, -0.1) is 0 Å². The van der Waals surface area contributed by atoms with E-state index in [4.69, 9.17) is 0 Å². The summed E-state index contributed by atoms with van der Waals surface area (Å²) in [4.78, 5) is 26.3. The molecule has 2 atom stereocenters. The van der Waals surface area contributed by atoms with Crippen molar-refractivity contribution in [2.24, 2.45) is 5.92 Å². The minimum atomic E-state index is -0.382. The fourth-order valence-electron chi connectivity index (χ4n) is 3.60. The average molecular weight is 289 g/mol. The Kier molecular flexibility index (Phi) is 3.57. The van der Waals surface area contributed by atoms with E-state index in [-0.39, 0.29) is 40.7 Å². The topological polar surface area (TPSA) is 77.8 Å². The van der Waals surface area contributed by atoms with Crippen LogP contribution in [0.3, 0.4) is 0 Å². The Morgan fingerprint density at radius 2 is 1.86 bits per heavy atom. The van der Waals surface area contributed by atoms with Crippen molar-refractivity contribution in [3.63, 3.8) is 0 Å². The highest BCUT2D eigenvalue weighted by Gasteiger charge is 2.41. The number of aromatic hydroxyl groups is 2. The van der Waals surface area contributed by atoms with E-state index < -0.39 is 0 Å². The molecule has 3 rings (SSSR count). The van der Waals surface area contributed by atoms with Crippen LogP contribution in [0, 0.1) is 5.92 Å². The van der Waals surface area contributed by atoms with Crippen molar-refractivity contribution >= 4 is 11.7 Å². The van der Waals surface area contributed by atoms with Gasteiger partial charge >= 0.3 is 0 Å². The van der Waals surface area contributed by atoms with Gasteiger partial charge in [0.1, 0.15) is 22.8 Å². The average Bonchev–Trinajstić information content (AvgIpc) is 3.06. The normalized spacial score (nSPS) is 25.5. The molecule has 5 nitrogen and oxygen atoms in total. The predicted molar refractivity (Wildman–Crippen MR) is 76.2 cm³/mol. The third kappa shape index (κ3) is 2.37. The molecule has 0 spiro atoms. The van der Waals surface area contributed by atoms with Crippen LogP contribution in [-0.2, 0) is 4.79 Å². The molecule has 1 aliphatic carbocycles. The smallest absolute Gasteiger partial charge is 0.261 e. The Bertz CT molecular complexity index is 563. The molecule has 1 heterocycles. The molecule has 1 aromatic carbocycles. The summed E-state index contributed by atoms with van der Waals surface area (Å²) in [6.45, 7) is 0.570. The van der Waals surface area contributed by atoms with Gasteiger partial charge in [0.05, 0.1) is 0 Å². The number of rotatable bonds is 2. The van der Waals surface area contributed by atoms with Crippen molar-refractivity contribution in [3.8, 4) is 11.5 Å². The number of hydrogen-bond acceptors (Lipinski definition) is 4. The fraction of sp³-hybridized carbons (Fsp3) is 0.500. The van der Waals surface area contributed by atoms with Crippen LogP contribution in [0.1, 0.15) is 42.5 Å². The molecule has 5 heteroatoms. The monoisotopic (exact) mass is 289 g/mol. The molecule has 21 heavy (non-hydrogen) atoms. The molecule has 112 valence electrons. The lowest BCUT2D eigenvalue weighted by molar-refractivity contribution is -0.121. The van der Waals surface area contributed by atoms with Crippen LogP contribution < -0.4 is 0 Å². The lowest BCUT2D eigenvalue weighted by Crippen LogP contribution is -2.41. The summed E-state index contributed by atoms with van der Waals surface area (Å²) in [5.74, 6) is -0.662. The van der Waals surface area contributed by atoms with E-state index in [0.29, 0.717) is 13.0 Å². The number of likely N-dealkylation sites (tertiary alicyclic amines) is 1. The van der Waals surface area contributed by atoms with Crippen LogP contribution in [-0.4, -0.2) is 39.4 Å². The summed E-state index contributed by atoms with van der Waals surface area (Å²) in [5.41, 5.74) is -0.0603. The Hall–Kier alpha value is -2.04. The number of Topliss-reactive ketones (excluding diaryl/α,β-unsaturated/α-hetero) is 1. The van der Waals surface area contributed by atoms with Crippen LogP contribution in [0.4, 0.5) is 0 Å². The maximum Gasteiger partial charge on any atom is 0.261 e. The van der Waals surface area contributed by atoms with Crippen LogP contribution in [0.25, 0.3) is 0 Å². The first-order valence-electron chi connectivity index (χ1n) is 7.44. The van der Waals surface area contributed by atoms with Crippen molar-refractivity contribution in [1.29, 1.82) is 0 Å². The number of benzene rings is 1. The maximum atomic E-state index is 12.7. The van der Waals surface area contributed by atoms with E-state index in [1.54, 1.807) is 4.90 Å². The highest BCUT2D eigenvalue weighted by molar-refractivity contribution is 6.00. The van der Waals surface area contributed by atoms with E-state index in [2.05, 4.69) is 0 Å². The highest BCUT2D eigenvalue weighted by Crippen LogP contribution is 2.36. The molecule has 1 aromatic rings. The molecule has 0 aromatic heterocycles. The van der Waals surface area contributed by atoms with Crippen LogP contribution >= 0.6 is 0 Å². The molecule has 1 saturated heterocycles. The molecule has 1 aliphatic heterocycles. The van der Waals surface area contributed by atoms with Gasteiger partial charge in [-0.3, -0.25) is 9.59 Å². The van der Waals surface area contributed by atoms with Crippen molar-refractivity contribution in [2.75, 3.05) is 6.54 Å². The Labute approximate surface area is 123 Å². The quantitative estimate of drug-likeness (QED) is 0.873. The summed E-state index contributed by atoms with van der Waals surface area (Å²) in [6, 6.07) is 4.17. The number of amides is 1. The van der Waals surface area contributed by atoms with E-state index in [0.717, 1.165) is 25.7 Å². The predicted octanol–water partition coefficient (Wildman–Crippen LogP) is 2.07. The summed E-state index contributed by atoms with van der Waals surface area (Å²) < 4.78 is 0. The van der Waals surface area contributed by atoms with E-state index in [9.17, 15) is 19.8 Å². The van der Waals surface area contributed by atoms with E-state index >= 15 is 0 Å². The first-order valence-corrected chi connectivity index (χ1v) is 7.44. The lowest BCUT2D eigenvalue weighted by atomic mass is 9.94. The van der Waals surface area contributed by atoms with Gasteiger partial charge in [0.2, 0.25) is 0 Å². The summed E-state index contributed by atoms with van der Waals surface area (Å²) in [6.07, 6.45) is 4.00. The second-order valence-electron chi connectivity index (χ2n) is 5.84. The zero-order valence-corrected chi connectivity index (χ0v) is 11.8. The van der Waals surface area contributed by atoms with Gasteiger partial charge in [-0.05, 0) is 37.8 Å².